The van der Waals surface area contributed by atoms with Crippen LogP contribution in [0.3, 0.4) is 0 Å². The molecule has 17 heavy (non-hydrogen) atoms. The van der Waals surface area contributed by atoms with Crippen molar-refractivity contribution in [2.24, 2.45) is 0 Å². The maximum atomic E-state index is 10.5. The molecule has 0 spiro atoms. The third-order valence-corrected chi connectivity index (χ3v) is 2.97. The van der Waals surface area contributed by atoms with E-state index in [2.05, 4.69) is 31.3 Å². The van der Waals surface area contributed by atoms with Crippen LogP contribution in [0.4, 0.5) is 0 Å². The Kier molecular flexibility index (Phi) is 4.70. The molecule has 0 aliphatic carbocycles. The van der Waals surface area contributed by atoms with Gasteiger partial charge in [0, 0.05) is 6.04 Å². The number of aliphatic carboxylic acids is 1. The lowest BCUT2D eigenvalue weighted by Crippen LogP contribution is -2.36. The number of benzene rings is 1. The summed E-state index contributed by atoms with van der Waals surface area (Å²) in [6.45, 7) is 6.40. The molecule has 1 unspecified atom stereocenters. The summed E-state index contributed by atoms with van der Waals surface area (Å²) in [6.07, 6.45) is 0.907. The highest BCUT2D eigenvalue weighted by Gasteiger charge is 2.23. The van der Waals surface area contributed by atoms with E-state index in [0.717, 1.165) is 6.42 Å². The third kappa shape index (κ3) is 4.57. The second-order valence-corrected chi connectivity index (χ2v) is 5.13. The number of hydrogen-bond donors (Lipinski definition) is 2. The van der Waals surface area contributed by atoms with Crippen LogP contribution < -0.4 is 5.32 Å². The fraction of sp³-hybridized carbons (Fsp3) is 0.500. The van der Waals surface area contributed by atoms with Gasteiger partial charge in [-0.2, -0.15) is 0 Å². The minimum absolute atomic E-state index is 0.0199. The van der Waals surface area contributed by atoms with Crippen LogP contribution in [0.2, 0.25) is 0 Å². The first-order valence-corrected chi connectivity index (χ1v) is 5.92. The molecular weight excluding hydrogens is 214 g/mol. The summed E-state index contributed by atoms with van der Waals surface area (Å²) in [5, 5.41) is 11.6. The first-order valence-electron chi connectivity index (χ1n) is 5.92. The Morgan fingerprint density at radius 3 is 2.47 bits per heavy atom. The summed E-state index contributed by atoms with van der Waals surface area (Å²) in [5.74, 6) is -0.811. The minimum atomic E-state index is -0.811. The molecule has 94 valence electrons. The monoisotopic (exact) mass is 235 g/mol. The van der Waals surface area contributed by atoms with Crippen molar-refractivity contribution in [2.45, 2.75) is 38.6 Å². The lowest BCUT2D eigenvalue weighted by atomic mass is 9.79. The first kappa shape index (κ1) is 13.7. The minimum Gasteiger partial charge on any atom is -0.480 e. The summed E-state index contributed by atoms with van der Waals surface area (Å²) in [6, 6.07) is 10.5. The largest absolute Gasteiger partial charge is 0.480 e. The SMILES string of the molecule is CC(CC(C)(C)c1ccccc1)NCC(=O)O. The van der Waals surface area contributed by atoms with Crippen molar-refractivity contribution >= 4 is 5.97 Å². The summed E-state index contributed by atoms with van der Waals surface area (Å²) >= 11 is 0. The van der Waals surface area contributed by atoms with Crippen LogP contribution in [0.15, 0.2) is 30.3 Å². The molecule has 0 saturated heterocycles. The predicted octanol–water partition coefficient (Wildman–Crippen LogP) is 2.42. The molecule has 1 rings (SSSR count). The van der Waals surface area contributed by atoms with E-state index in [-0.39, 0.29) is 18.0 Å². The van der Waals surface area contributed by atoms with Crippen LogP contribution in [-0.4, -0.2) is 23.7 Å². The van der Waals surface area contributed by atoms with Crippen molar-refractivity contribution in [3.8, 4) is 0 Å². The Balaban J connectivity index is 2.57. The number of carbonyl (C=O) groups is 1. The van der Waals surface area contributed by atoms with Crippen molar-refractivity contribution in [3.63, 3.8) is 0 Å². The third-order valence-electron chi connectivity index (χ3n) is 2.97. The van der Waals surface area contributed by atoms with Gasteiger partial charge in [-0.1, -0.05) is 44.2 Å². The molecule has 0 aliphatic rings. The van der Waals surface area contributed by atoms with Gasteiger partial charge >= 0.3 is 5.97 Å². The van der Waals surface area contributed by atoms with E-state index in [9.17, 15) is 4.79 Å². The van der Waals surface area contributed by atoms with E-state index in [1.165, 1.54) is 5.56 Å². The van der Waals surface area contributed by atoms with Gasteiger partial charge in [-0.3, -0.25) is 4.79 Å². The lowest BCUT2D eigenvalue weighted by Gasteiger charge is -2.29. The van der Waals surface area contributed by atoms with Gasteiger partial charge in [0.1, 0.15) is 0 Å². The van der Waals surface area contributed by atoms with E-state index in [1.54, 1.807) is 0 Å². The zero-order valence-corrected chi connectivity index (χ0v) is 10.7. The van der Waals surface area contributed by atoms with Gasteiger partial charge in [0.25, 0.3) is 0 Å². The number of carboxylic acids is 1. The quantitative estimate of drug-likeness (QED) is 0.796. The zero-order valence-electron chi connectivity index (χ0n) is 10.7. The molecule has 1 aromatic carbocycles. The second kappa shape index (κ2) is 5.82. The average Bonchev–Trinajstić information content (AvgIpc) is 2.27. The highest BCUT2D eigenvalue weighted by molar-refractivity contribution is 5.69. The van der Waals surface area contributed by atoms with Gasteiger partial charge < -0.3 is 10.4 Å². The Bertz CT molecular complexity index is 360. The standard InChI is InChI=1S/C14H21NO2/c1-11(15-10-13(16)17)9-14(2,3)12-7-5-4-6-8-12/h4-8,11,15H,9-10H2,1-3H3,(H,16,17). The van der Waals surface area contributed by atoms with E-state index >= 15 is 0 Å². The summed E-state index contributed by atoms with van der Waals surface area (Å²) in [5.41, 5.74) is 1.33. The van der Waals surface area contributed by atoms with E-state index in [0.29, 0.717) is 0 Å². The van der Waals surface area contributed by atoms with Gasteiger partial charge in [-0.05, 0) is 24.3 Å². The number of rotatable bonds is 6. The van der Waals surface area contributed by atoms with Crippen LogP contribution in [0.25, 0.3) is 0 Å². The highest BCUT2D eigenvalue weighted by atomic mass is 16.4. The fourth-order valence-electron chi connectivity index (χ4n) is 2.11. The summed E-state index contributed by atoms with van der Waals surface area (Å²) in [7, 11) is 0. The topological polar surface area (TPSA) is 49.3 Å². The molecule has 0 radical (unpaired) electrons. The summed E-state index contributed by atoms with van der Waals surface area (Å²) < 4.78 is 0. The van der Waals surface area contributed by atoms with Crippen LogP contribution in [0, 0.1) is 0 Å². The van der Waals surface area contributed by atoms with Gasteiger partial charge in [0.15, 0.2) is 0 Å². The molecule has 3 heteroatoms. The van der Waals surface area contributed by atoms with Gasteiger partial charge in [-0.15, -0.1) is 0 Å². The number of hydrogen-bond acceptors (Lipinski definition) is 2. The smallest absolute Gasteiger partial charge is 0.317 e. The van der Waals surface area contributed by atoms with Crippen molar-refractivity contribution in [2.75, 3.05) is 6.54 Å². The molecule has 0 amide bonds. The Labute approximate surface area is 103 Å². The Hall–Kier alpha value is -1.35. The zero-order chi connectivity index (χ0) is 12.9. The van der Waals surface area contributed by atoms with Crippen LogP contribution in [0.1, 0.15) is 32.8 Å². The van der Waals surface area contributed by atoms with Crippen molar-refractivity contribution in [1.29, 1.82) is 0 Å². The van der Waals surface area contributed by atoms with Crippen LogP contribution in [-0.2, 0) is 10.2 Å². The Morgan fingerprint density at radius 2 is 1.94 bits per heavy atom. The fourth-order valence-corrected chi connectivity index (χ4v) is 2.11. The molecule has 0 bridgehead atoms. The Morgan fingerprint density at radius 1 is 1.35 bits per heavy atom. The number of nitrogens with one attached hydrogen (secondary N) is 1. The van der Waals surface area contributed by atoms with Gasteiger partial charge in [0.05, 0.1) is 6.54 Å². The second-order valence-electron chi connectivity index (χ2n) is 5.13. The molecule has 1 aromatic rings. The molecule has 0 fully saturated rings. The first-order chi connectivity index (χ1) is 7.92. The van der Waals surface area contributed by atoms with Gasteiger partial charge in [-0.25, -0.2) is 0 Å². The van der Waals surface area contributed by atoms with Crippen LogP contribution in [0.5, 0.6) is 0 Å². The molecule has 3 nitrogen and oxygen atoms in total. The maximum Gasteiger partial charge on any atom is 0.317 e. The van der Waals surface area contributed by atoms with Gasteiger partial charge in [0.2, 0.25) is 0 Å². The molecule has 0 aromatic heterocycles. The molecular formula is C14H21NO2. The molecule has 0 heterocycles. The van der Waals surface area contributed by atoms with Crippen molar-refractivity contribution < 1.29 is 9.90 Å². The summed E-state index contributed by atoms with van der Waals surface area (Å²) in [4.78, 5) is 10.5. The molecule has 0 saturated carbocycles. The normalized spacial score (nSPS) is 13.4. The van der Waals surface area contributed by atoms with Crippen molar-refractivity contribution in [1.82, 2.24) is 5.32 Å². The molecule has 0 aliphatic heterocycles. The lowest BCUT2D eigenvalue weighted by molar-refractivity contribution is -0.136. The van der Waals surface area contributed by atoms with Crippen molar-refractivity contribution in [3.05, 3.63) is 35.9 Å². The predicted molar refractivity (Wildman–Crippen MR) is 69.2 cm³/mol. The average molecular weight is 235 g/mol. The molecule has 1 atom stereocenters. The molecule has 2 N–H and O–H groups in total. The van der Waals surface area contributed by atoms with E-state index < -0.39 is 5.97 Å². The van der Waals surface area contributed by atoms with E-state index in [4.69, 9.17) is 5.11 Å². The van der Waals surface area contributed by atoms with E-state index in [1.807, 2.05) is 25.1 Å². The van der Waals surface area contributed by atoms with Crippen LogP contribution >= 0.6 is 0 Å². The highest BCUT2D eigenvalue weighted by Crippen LogP contribution is 2.27. The maximum absolute atomic E-state index is 10.5. The number of carboxylic acid groups (broad SMARTS) is 1.